The zero-order chi connectivity index (χ0) is 83.4. The number of rotatable bonds is 9. The molecule has 0 spiro atoms. The molecule has 5 radical (unpaired) electrons. The van der Waals surface area contributed by atoms with Gasteiger partial charge in [-0.2, -0.15) is 38.5 Å². The second-order valence-corrected chi connectivity index (χ2v) is 24.2. The Kier molecular flexibility index (Phi) is 45.7. The van der Waals surface area contributed by atoms with Crippen molar-refractivity contribution >= 4 is 50.7 Å². The van der Waals surface area contributed by atoms with E-state index in [1.54, 1.807) is 134 Å². The minimum Gasteiger partial charge on any atom is -0.512 e. The van der Waals surface area contributed by atoms with Gasteiger partial charge in [-0.05, 0) is 137 Å². The molecule has 0 bridgehead atoms. The molecule has 0 atom stereocenters. The average Bonchev–Trinajstić information content (AvgIpc) is 1.71. The topological polar surface area (TPSA) is 255 Å². The minimum atomic E-state index is -4.57. The van der Waals surface area contributed by atoms with Gasteiger partial charge in [0.05, 0.1) is 17.0 Å². The number of alkyl halides is 6. The van der Waals surface area contributed by atoms with Crippen molar-refractivity contribution in [2.45, 2.75) is 33.1 Å². The van der Waals surface area contributed by atoms with E-state index < -0.39 is 58.9 Å². The van der Waals surface area contributed by atoms with Crippen LogP contribution in [-0.2, 0) is 118 Å². The third-order valence-corrected chi connectivity index (χ3v) is 15.4. The number of aromatic carboxylic acids is 2. The third kappa shape index (κ3) is 35.1. The number of allylic oxidation sites excluding steroid dienone is 2. The van der Waals surface area contributed by atoms with E-state index in [1.165, 1.54) is 72.9 Å². The number of carboxylic acid groups (broad SMARTS) is 2. The number of aromatic nitrogens is 11. The molecule has 0 aliphatic rings. The molecule has 16 rings (SSSR count). The van der Waals surface area contributed by atoms with Gasteiger partial charge in [0.25, 0.3) is 0 Å². The second kappa shape index (κ2) is 53.3. The molecule has 0 saturated heterocycles. The fraction of sp³-hybridized carbons (Fsp3) is 0.0568. The smallest absolute Gasteiger partial charge is 0.429 e. The summed E-state index contributed by atoms with van der Waals surface area (Å²) in [5, 5.41) is 36.9. The molecular formula is C88H61F10Ir5N11O6S-6. The maximum absolute atomic E-state index is 13.2. The second-order valence-electron chi connectivity index (χ2n) is 23.3. The number of thiophene rings is 1. The van der Waals surface area contributed by atoms with Gasteiger partial charge >= 0.3 is 24.3 Å². The van der Waals surface area contributed by atoms with Crippen LogP contribution in [0.3, 0.4) is 0 Å². The van der Waals surface area contributed by atoms with Crippen molar-refractivity contribution in [1.82, 2.24) is 55.1 Å². The molecule has 6 aromatic carbocycles. The van der Waals surface area contributed by atoms with Crippen LogP contribution in [0.2, 0.25) is 0 Å². The van der Waals surface area contributed by atoms with E-state index in [2.05, 4.69) is 110 Å². The molecule has 0 amide bonds. The molecule has 3 N–H and O–H groups in total. The van der Waals surface area contributed by atoms with Gasteiger partial charge in [0.2, 0.25) is 0 Å². The summed E-state index contributed by atoms with van der Waals surface area (Å²) in [5.74, 6) is -5.98. The first-order valence-electron chi connectivity index (χ1n) is 33.9. The van der Waals surface area contributed by atoms with Crippen LogP contribution < -0.4 is 5.10 Å². The van der Waals surface area contributed by atoms with E-state index >= 15 is 0 Å². The molecular weight excluding hydrogens is 2490 g/mol. The Morgan fingerprint density at radius 2 is 0.934 bits per heavy atom. The Morgan fingerprint density at radius 3 is 1.36 bits per heavy atom. The molecule has 17 nitrogen and oxygen atoms in total. The predicted molar refractivity (Wildman–Crippen MR) is 418 cm³/mol. The number of halogens is 10. The number of carbonyl (C=O) groups is 3. The summed E-state index contributed by atoms with van der Waals surface area (Å²) >= 11 is 1.67. The molecule has 0 aliphatic carbocycles. The number of nitrogens with zero attached hydrogens (tertiary/aromatic N) is 11. The van der Waals surface area contributed by atoms with Crippen LogP contribution in [0, 0.1) is 60.5 Å². The van der Waals surface area contributed by atoms with Gasteiger partial charge in [-0.15, -0.1) is 94.9 Å². The van der Waals surface area contributed by atoms with Crippen LogP contribution in [0.1, 0.15) is 51.8 Å². The molecule has 0 aliphatic heterocycles. The van der Waals surface area contributed by atoms with Crippen molar-refractivity contribution < 1.29 is 174 Å². The number of ketones is 1. The Hall–Kier alpha value is -11.4. The van der Waals surface area contributed by atoms with Gasteiger partial charge in [-0.1, -0.05) is 144 Å². The Labute approximate surface area is 758 Å². The number of benzene rings is 6. The summed E-state index contributed by atoms with van der Waals surface area (Å²) in [7, 11) is 0. The summed E-state index contributed by atoms with van der Waals surface area (Å²) in [6, 6.07) is 82.3. The van der Waals surface area contributed by atoms with Crippen molar-refractivity contribution in [3.63, 3.8) is 0 Å². The number of fused-ring (bicyclic) bond motifs is 2. The van der Waals surface area contributed by atoms with E-state index in [4.69, 9.17) is 15.3 Å². The number of para-hydroxylation sites is 1. The summed E-state index contributed by atoms with van der Waals surface area (Å²) < 4.78 is 126. The zero-order valence-electron chi connectivity index (χ0n) is 62.6. The largest absolute Gasteiger partial charge is 0.512 e. The van der Waals surface area contributed by atoms with Crippen LogP contribution in [0.15, 0.2) is 303 Å². The number of carbonyl (C=O) groups excluding carboxylic acids is 1. The van der Waals surface area contributed by atoms with E-state index in [0.29, 0.717) is 28.2 Å². The average molecular weight is 2550 g/mol. The molecule has 10 aromatic heterocycles. The maximum atomic E-state index is 13.2. The fourth-order valence-corrected chi connectivity index (χ4v) is 10.2. The van der Waals surface area contributed by atoms with Crippen LogP contribution in [0.25, 0.3) is 88.8 Å². The van der Waals surface area contributed by atoms with Gasteiger partial charge in [-0.3, -0.25) is 37.4 Å². The standard InChI is InChI=1S/C15H10N.C13H9F3N.C13H8NS.2C11H6F2N.C8H4F3N4.2C6H5NO2.C5H8O2.5Ir/c1-2-6-12(7-3-1)15-11-10-13-8-4-5-9-14(13)16-15;1-9-6-10(12-4-2-3-5-17-12)8-11(7-9)13(14,15)16;1-2-5-11-10(4-1)7-8-14-13(11)12-6-3-9-15-12;2*12-8-4-5-9(10(13)7-8)11-3-1-2-6-14-11;9-8(10,11)7-13-6(14-15-7)5-3-1-2-4-12-5;2*8-6(9)5-3-1-2-4-7-5;1-4(6)3-5(2)7;;;;;/h1-6,8-11H;2-7H,1H3;1-5,7-9H;2*1-4,6-7H;1-4H;2*1-4H,(H,8,9);3,6H,1-2H3;;;;;/q6*-1;;;;;;;;. The van der Waals surface area contributed by atoms with E-state index in [9.17, 15) is 58.3 Å². The van der Waals surface area contributed by atoms with Gasteiger partial charge in [0.1, 0.15) is 17.2 Å². The monoisotopic (exact) mass is 2550 g/mol. The zero-order valence-corrected chi connectivity index (χ0v) is 75.4. The molecule has 0 saturated carbocycles. The number of hydrogen-bond donors (Lipinski definition) is 3. The molecule has 0 unspecified atom stereocenters. The number of aliphatic hydroxyl groups is 1. The first-order chi connectivity index (χ1) is 55.7. The van der Waals surface area contributed by atoms with Crippen LogP contribution in [-0.4, -0.2) is 83.0 Å². The molecule has 0 fully saturated rings. The van der Waals surface area contributed by atoms with Crippen molar-refractivity contribution in [3.8, 4) is 67.1 Å². The molecule has 16 aromatic rings. The Balaban J connectivity index is 0.000000353. The Morgan fingerprint density at radius 1 is 0.446 bits per heavy atom. The molecule has 631 valence electrons. The third-order valence-electron chi connectivity index (χ3n) is 14.5. The molecule has 33 heteroatoms. The SMILES string of the molecule is CC(=O)C=C(C)O.Cc1cc(-c2ccccn2)[c-]c(C(F)(F)F)c1.FC(F)(F)c1n[n-]c(-c2ccccn2)n1.Fc1c[c-]c(-c2ccccn2)c(F)c1.Fc1c[c-]c(-c2ccccn2)c(F)c1.O=C(O)c1ccccn1.O=C(O)c1ccccn1.[Ir].[Ir].[Ir].[Ir].[Ir].[c-]1ccccc1-c1ccc2ccccc2n1.[c-]1ccsc1-c1nccc2ccccc12. The van der Waals surface area contributed by atoms with Gasteiger partial charge < -0.3 is 45.3 Å². The normalized spacial score (nSPS) is 10.1. The molecule has 121 heavy (non-hydrogen) atoms. The van der Waals surface area contributed by atoms with E-state index in [-0.39, 0.29) is 146 Å². The fourth-order valence-electron chi connectivity index (χ4n) is 9.51. The predicted octanol–water partition coefficient (Wildman–Crippen LogP) is 21.1. The summed E-state index contributed by atoms with van der Waals surface area (Å²) in [5.41, 5.74) is 6.38. The van der Waals surface area contributed by atoms with E-state index in [0.717, 1.165) is 57.7 Å². The van der Waals surface area contributed by atoms with Crippen molar-refractivity contribution in [2.24, 2.45) is 0 Å². The van der Waals surface area contributed by atoms with Crippen LogP contribution in [0.5, 0.6) is 0 Å². The number of aliphatic hydroxyl groups excluding tert-OH is 1. The number of pyridine rings is 8. The van der Waals surface area contributed by atoms with Gasteiger partial charge in [-0.25, -0.2) is 30.9 Å². The van der Waals surface area contributed by atoms with Crippen LogP contribution >= 0.6 is 11.3 Å². The molecule has 10 heterocycles. The van der Waals surface area contributed by atoms with Gasteiger partial charge in [0, 0.05) is 173 Å². The first kappa shape index (κ1) is 104. The van der Waals surface area contributed by atoms with Crippen molar-refractivity contribution in [1.29, 1.82) is 0 Å². The Bertz CT molecular complexity index is 5660. The van der Waals surface area contributed by atoms with Gasteiger partial charge in [0.15, 0.2) is 5.78 Å². The maximum Gasteiger partial charge on any atom is 0.429 e. The quantitative estimate of drug-likeness (QED) is 0.0525. The first-order valence-corrected chi connectivity index (χ1v) is 34.8. The van der Waals surface area contributed by atoms with Crippen molar-refractivity contribution in [2.75, 3.05) is 0 Å². The number of carboxylic acids is 2. The summed E-state index contributed by atoms with van der Waals surface area (Å²) in [6.45, 7) is 4.47. The van der Waals surface area contributed by atoms with E-state index in [1.807, 2.05) is 84.4 Å². The minimum absolute atomic E-state index is 0. The summed E-state index contributed by atoms with van der Waals surface area (Å²) in [4.78, 5) is 66.6. The van der Waals surface area contributed by atoms with Crippen LogP contribution in [0.4, 0.5) is 43.9 Å². The van der Waals surface area contributed by atoms with Crippen molar-refractivity contribution in [3.05, 3.63) is 385 Å². The number of aryl methyl sites for hydroxylation is 1. The summed E-state index contributed by atoms with van der Waals surface area (Å²) in [6.07, 6.45) is 3.05. The number of hydrogen-bond acceptors (Lipinski definition) is 15.